The molecule has 2 fully saturated rings. The zero-order valence-corrected chi connectivity index (χ0v) is 24.0. The fourth-order valence-electron chi connectivity index (χ4n) is 4.05. The van der Waals surface area contributed by atoms with E-state index in [0.29, 0.717) is 5.46 Å². The van der Waals surface area contributed by atoms with Gasteiger partial charge in [-0.25, -0.2) is 23.2 Å². The second-order valence-corrected chi connectivity index (χ2v) is 14.1. The number of nitrogens with one attached hydrogen (secondary N) is 1. The van der Waals surface area contributed by atoms with Gasteiger partial charge in [0.1, 0.15) is 11.6 Å². The van der Waals surface area contributed by atoms with Crippen molar-refractivity contribution in [3.8, 4) is 0 Å². The third-order valence-electron chi connectivity index (χ3n) is 6.93. The molecule has 2 atom stereocenters. The molecule has 0 spiro atoms. The van der Waals surface area contributed by atoms with Crippen molar-refractivity contribution < 1.29 is 32.1 Å². The summed E-state index contributed by atoms with van der Waals surface area (Å²) in [6.45, 7) is 16.7. The van der Waals surface area contributed by atoms with Crippen molar-refractivity contribution in [1.29, 1.82) is 0 Å². The monoisotopic (exact) mass is 538 g/mol. The highest BCUT2D eigenvalue weighted by Gasteiger charge is 2.52. The molecule has 0 bridgehead atoms. The van der Waals surface area contributed by atoms with E-state index in [-0.39, 0.29) is 36.5 Å². The lowest BCUT2D eigenvalue weighted by atomic mass is 9.81. The van der Waals surface area contributed by atoms with Crippen LogP contribution in [0.1, 0.15) is 68.7 Å². The lowest BCUT2D eigenvalue weighted by Crippen LogP contribution is -2.52. The van der Waals surface area contributed by atoms with Gasteiger partial charge < -0.3 is 24.3 Å². The molecule has 2 aliphatic heterocycles. The molecule has 0 aliphatic carbocycles. The van der Waals surface area contributed by atoms with E-state index in [2.05, 4.69) is 15.3 Å². The maximum atomic E-state index is 13.3. The summed E-state index contributed by atoms with van der Waals surface area (Å²) in [6, 6.07) is -0.841. The van der Waals surface area contributed by atoms with E-state index >= 15 is 0 Å². The number of carbonyl (C=O) groups excluding carboxylic acids is 2. The van der Waals surface area contributed by atoms with Gasteiger partial charge in [-0.1, -0.05) is 13.8 Å². The van der Waals surface area contributed by atoms with Gasteiger partial charge in [0.2, 0.25) is 20.9 Å². The molecular weight excluding hydrogens is 499 g/mol. The Morgan fingerprint density at radius 1 is 1.14 bits per heavy atom. The Labute approximate surface area is 220 Å². The van der Waals surface area contributed by atoms with Gasteiger partial charge in [-0.2, -0.15) is 0 Å². The van der Waals surface area contributed by atoms with Gasteiger partial charge in [-0.3, -0.25) is 4.79 Å². The fraction of sp³-hybridized carbons (Fsp3) is 0.750. The van der Waals surface area contributed by atoms with E-state index in [0.717, 1.165) is 0 Å². The van der Waals surface area contributed by atoms with Crippen LogP contribution in [0.2, 0.25) is 0 Å². The molecule has 13 heteroatoms. The van der Waals surface area contributed by atoms with Crippen LogP contribution in [-0.2, 0) is 28.7 Å². The molecule has 2 saturated heterocycles. The third kappa shape index (κ3) is 6.43. The second kappa shape index (κ2) is 10.1. The molecule has 0 aromatic carbocycles. The van der Waals surface area contributed by atoms with Crippen LogP contribution in [0.5, 0.6) is 0 Å². The Bertz CT molecular complexity index is 1100. The highest BCUT2D eigenvalue weighted by Crippen LogP contribution is 2.36. The van der Waals surface area contributed by atoms with Gasteiger partial charge in [-0.15, -0.1) is 0 Å². The SMILES string of the molecule is CC(C)[C@@H](NC(=O)OC(C)(C)C)C(=O)N1CC[C@H](S(=O)(=O)c2ncc(B3OC(C)(C)C(C)(C)O3)cn2)C1. The number of sulfone groups is 1. The first kappa shape index (κ1) is 29.3. The number of likely N-dealkylation sites (tertiary alicyclic amines) is 1. The highest BCUT2D eigenvalue weighted by molar-refractivity contribution is 7.91. The number of alkyl carbamates (subject to hydrolysis) is 1. The quantitative estimate of drug-likeness (QED) is 0.424. The van der Waals surface area contributed by atoms with Crippen molar-refractivity contribution in [2.75, 3.05) is 13.1 Å². The fourth-order valence-corrected chi connectivity index (χ4v) is 5.54. The Morgan fingerprint density at radius 3 is 2.16 bits per heavy atom. The average molecular weight is 538 g/mol. The predicted octanol–water partition coefficient (Wildman–Crippen LogP) is 1.70. The minimum Gasteiger partial charge on any atom is -0.444 e. The lowest BCUT2D eigenvalue weighted by Gasteiger charge is -2.32. The van der Waals surface area contributed by atoms with Gasteiger partial charge in [-0.05, 0) is 60.8 Å². The molecule has 3 heterocycles. The Balaban J connectivity index is 1.68. The van der Waals surface area contributed by atoms with E-state index in [1.165, 1.54) is 17.3 Å². The van der Waals surface area contributed by atoms with Crippen LogP contribution in [0.4, 0.5) is 4.79 Å². The summed E-state index contributed by atoms with van der Waals surface area (Å²) >= 11 is 0. The van der Waals surface area contributed by atoms with Crippen molar-refractivity contribution >= 4 is 34.4 Å². The van der Waals surface area contributed by atoms with Gasteiger partial charge in [0.25, 0.3) is 0 Å². The second-order valence-electron chi connectivity index (χ2n) is 12.0. The number of amides is 2. The normalized spacial score (nSPS) is 22.3. The smallest absolute Gasteiger partial charge is 0.444 e. The Hall–Kier alpha value is -2.25. The molecule has 2 aliphatic rings. The number of aromatic nitrogens is 2. The molecule has 11 nitrogen and oxygen atoms in total. The summed E-state index contributed by atoms with van der Waals surface area (Å²) in [4.78, 5) is 35.1. The molecule has 1 aromatic rings. The summed E-state index contributed by atoms with van der Waals surface area (Å²) in [5.74, 6) is -0.572. The van der Waals surface area contributed by atoms with Crippen molar-refractivity contribution in [3.05, 3.63) is 12.4 Å². The van der Waals surface area contributed by atoms with Crippen molar-refractivity contribution in [2.24, 2.45) is 5.92 Å². The first-order valence-electron chi connectivity index (χ1n) is 12.5. The number of nitrogens with zero attached hydrogens (tertiary/aromatic N) is 3. The van der Waals surface area contributed by atoms with Crippen LogP contribution in [0.25, 0.3) is 0 Å². The lowest BCUT2D eigenvalue weighted by molar-refractivity contribution is -0.133. The molecule has 0 unspecified atom stereocenters. The van der Waals surface area contributed by atoms with E-state index in [1.807, 2.05) is 27.7 Å². The molecule has 3 rings (SSSR count). The first-order chi connectivity index (χ1) is 16.8. The van der Waals surface area contributed by atoms with Gasteiger partial charge in [0.15, 0.2) is 0 Å². The van der Waals surface area contributed by atoms with Crippen molar-refractivity contribution in [3.63, 3.8) is 0 Å². The van der Waals surface area contributed by atoms with Gasteiger partial charge >= 0.3 is 13.2 Å². The number of rotatable bonds is 6. The van der Waals surface area contributed by atoms with Crippen molar-refractivity contribution in [1.82, 2.24) is 20.2 Å². The van der Waals surface area contributed by atoms with Gasteiger partial charge in [0, 0.05) is 30.9 Å². The molecular formula is C24H39BN4O7S. The zero-order chi connectivity index (χ0) is 28.0. The minimum atomic E-state index is -3.89. The summed E-state index contributed by atoms with van der Waals surface area (Å²) < 4.78 is 43.8. The standard InChI is InChI=1S/C24H39BN4O7S/c1-15(2)18(28-21(31)34-22(3,4)5)19(30)29-11-10-17(14-29)37(32,33)20-26-12-16(13-27-20)25-35-23(6,7)24(8,9)36-25/h12-13,15,17-18H,10-11,14H2,1-9H3,(H,28,31)/t17-,18+/m0/s1. The van der Waals surface area contributed by atoms with E-state index in [1.54, 1.807) is 34.6 Å². The molecule has 37 heavy (non-hydrogen) atoms. The molecule has 1 aromatic heterocycles. The van der Waals surface area contributed by atoms with Crippen LogP contribution in [0.3, 0.4) is 0 Å². The third-order valence-corrected chi connectivity index (χ3v) is 8.91. The van der Waals surface area contributed by atoms with E-state index in [9.17, 15) is 18.0 Å². The van der Waals surface area contributed by atoms with Crippen molar-refractivity contribution in [2.45, 2.75) is 102 Å². The number of hydrogen-bond donors (Lipinski definition) is 1. The summed E-state index contributed by atoms with van der Waals surface area (Å²) in [7, 11) is -4.60. The topological polar surface area (TPSA) is 137 Å². The van der Waals surface area contributed by atoms with E-state index < -0.39 is 51.1 Å². The number of carbonyl (C=O) groups is 2. The van der Waals surface area contributed by atoms with Crippen LogP contribution < -0.4 is 10.8 Å². The largest absolute Gasteiger partial charge is 0.498 e. The number of hydrogen-bond acceptors (Lipinski definition) is 9. The maximum absolute atomic E-state index is 13.3. The van der Waals surface area contributed by atoms with Crippen LogP contribution >= 0.6 is 0 Å². The summed E-state index contributed by atoms with van der Waals surface area (Å²) in [6.07, 6.45) is 2.35. The average Bonchev–Trinajstić information content (AvgIpc) is 3.33. The number of ether oxygens (including phenoxy) is 1. The van der Waals surface area contributed by atoms with E-state index in [4.69, 9.17) is 14.0 Å². The molecule has 2 amide bonds. The predicted molar refractivity (Wildman–Crippen MR) is 138 cm³/mol. The molecule has 206 valence electrons. The van der Waals surface area contributed by atoms with Gasteiger partial charge in [0.05, 0.1) is 16.5 Å². The first-order valence-corrected chi connectivity index (χ1v) is 14.1. The van der Waals surface area contributed by atoms with Crippen LogP contribution in [-0.4, -0.2) is 83.6 Å². The van der Waals surface area contributed by atoms with Crippen LogP contribution in [0.15, 0.2) is 17.6 Å². The molecule has 0 radical (unpaired) electrons. The Kier molecular flexibility index (Phi) is 8.04. The molecule has 0 saturated carbocycles. The summed E-state index contributed by atoms with van der Waals surface area (Å²) in [5, 5.41) is 1.47. The maximum Gasteiger partial charge on any atom is 0.498 e. The minimum absolute atomic E-state index is 0.0112. The molecule has 1 N–H and O–H groups in total. The summed E-state index contributed by atoms with van der Waals surface area (Å²) in [5.41, 5.74) is -1.28. The highest BCUT2D eigenvalue weighted by atomic mass is 32.2. The Morgan fingerprint density at radius 2 is 1.68 bits per heavy atom. The van der Waals surface area contributed by atoms with Crippen LogP contribution in [0, 0.1) is 5.92 Å². The zero-order valence-electron chi connectivity index (χ0n) is 23.2.